The molecule has 0 saturated carbocycles. The molecule has 0 amide bonds. The molecule has 0 spiro atoms. The number of nitrogens with zero attached hydrogens (tertiary/aromatic N) is 2. The van der Waals surface area contributed by atoms with Gasteiger partial charge in [0.05, 0.1) is 6.01 Å². The van der Waals surface area contributed by atoms with E-state index in [0.29, 0.717) is 0 Å². The summed E-state index contributed by atoms with van der Waals surface area (Å²) in [6.45, 7) is 6.66. The van der Waals surface area contributed by atoms with Crippen molar-refractivity contribution in [2.45, 2.75) is 20.3 Å². The Kier molecular flexibility index (Phi) is 20.0. The van der Waals surface area contributed by atoms with Gasteiger partial charge < -0.3 is 0 Å². The Hall–Kier alpha value is -0.410. The third kappa shape index (κ3) is 14.4. The first-order valence-electron chi connectivity index (χ1n) is 4.14. The van der Waals surface area contributed by atoms with E-state index in [2.05, 4.69) is 38.0 Å². The summed E-state index contributed by atoms with van der Waals surface area (Å²) in [5.74, 6) is 0. The third-order valence-corrected chi connectivity index (χ3v) is 1.41. The number of nitrogens with one attached hydrogen (secondary N) is 2. The van der Waals surface area contributed by atoms with Crippen molar-refractivity contribution in [1.82, 2.24) is 10.0 Å². The monoisotopic (exact) mass is 208 g/mol. The van der Waals surface area contributed by atoms with Crippen LogP contribution in [0.4, 0.5) is 0 Å². The molecular formula is C8H21ClN4. The SMILES string of the molecule is CCCN(CC)N(C)C.Cl.N=C=N. The van der Waals surface area contributed by atoms with E-state index in [1.54, 1.807) is 0 Å². The quantitative estimate of drug-likeness (QED) is 0.548. The van der Waals surface area contributed by atoms with Crippen molar-refractivity contribution in [1.29, 1.82) is 10.8 Å². The molecule has 0 aliphatic carbocycles. The summed E-state index contributed by atoms with van der Waals surface area (Å²) in [7, 11) is 4.16. The van der Waals surface area contributed by atoms with Gasteiger partial charge in [-0.1, -0.05) is 13.8 Å². The third-order valence-electron chi connectivity index (χ3n) is 1.41. The molecule has 0 aliphatic heterocycles. The average Bonchev–Trinajstić information content (AvgIpc) is 2.01. The van der Waals surface area contributed by atoms with Crippen LogP contribution < -0.4 is 0 Å². The lowest BCUT2D eigenvalue weighted by Crippen LogP contribution is -2.37. The smallest absolute Gasteiger partial charge is 0.0831 e. The van der Waals surface area contributed by atoms with Crippen molar-refractivity contribution < 1.29 is 0 Å². The lowest BCUT2D eigenvalue weighted by Gasteiger charge is -2.26. The lowest BCUT2D eigenvalue weighted by molar-refractivity contribution is 0.0313. The van der Waals surface area contributed by atoms with Gasteiger partial charge in [-0.3, -0.25) is 0 Å². The van der Waals surface area contributed by atoms with Crippen molar-refractivity contribution in [2.75, 3.05) is 27.2 Å². The number of rotatable bonds is 4. The molecule has 0 radical (unpaired) electrons. The molecule has 80 valence electrons. The van der Waals surface area contributed by atoms with Gasteiger partial charge in [-0.05, 0) is 6.42 Å². The Morgan fingerprint density at radius 2 is 1.54 bits per heavy atom. The summed E-state index contributed by atoms with van der Waals surface area (Å²) in [5, 5.41) is 15.7. The number of hydrogen-bond acceptors (Lipinski definition) is 4. The summed E-state index contributed by atoms with van der Waals surface area (Å²) >= 11 is 0. The molecule has 13 heavy (non-hydrogen) atoms. The average molecular weight is 209 g/mol. The highest BCUT2D eigenvalue weighted by Crippen LogP contribution is 1.91. The summed E-state index contributed by atoms with van der Waals surface area (Å²) in [5.41, 5.74) is 0. The Balaban J connectivity index is -0.000000220. The zero-order valence-electron chi connectivity index (χ0n) is 8.92. The number of hydrazine groups is 1. The summed E-state index contributed by atoms with van der Waals surface area (Å²) in [6.07, 6.45) is 1.23. The van der Waals surface area contributed by atoms with Crippen LogP contribution in [0.3, 0.4) is 0 Å². The van der Waals surface area contributed by atoms with Gasteiger partial charge in [0, 0.05) is 27.2 Å². The van der Waals surface area contributed by atoms with Gasteiger partial charge in [-0.25, -0.2) is 20.8 Å². The molecule has 0 aliphatic rings. The lowest BCUT2D eigenvalue weighted by atomic mass is 10.4. The van der Waals surface area contributed by atoms with E-state index >= 15 is 0 Å². The molecule has 0 aromatic heterocycles. The highest BCUT2D eigenvalue weighted by atomic mass is 35.5. The van der Waals surface area contributed by atoms with Gasteiger partial charge in [0.15, 0.2) is 0 Å². The largest absolute Gasteiger partial charge is 0.248 e. The fourth-order valence-corrected chi connectivity index (χ4v) is 0.899. The van der Waals surface area contributed by atoms with Crippen LogP contribution in [0.1, 0.15) is 20.3 Å². The molecule has 0 saturated heterocycles. The minimum Gasteiger partial charge on any atom is -0.248 e. The topological polar surface area (TPSA) is 54.2 Å². The fraction of sp³-hybridized carbons (Fsp3) is 0.875. The molecule has 0 atom stereocenters. The summed E-state index contributed by atoms with van der Waals surface area (Å²) < 4.78 is 0. The first-order valence-corrected chi connectivity index (χ1v) is 4.14. The molecule has 0 aromatic carbocycles. The number of hydrogen-bond donors (Lipinski definition) is 2. The van der Waals surface area contributed by atoms with E-state index in [0.717, 1.165) is 6.54 Å². The van der Waals surface area contributed by atoms with Gasteiger partial charge in [0.1, 0.15) is 0 Å². The summed E-state index contributed by atoms with van der Waals surface area (Å²) in [4.78, 5) is 0. The zero-order chi connectivity index (χ0) is 9.98. The molecule has 0 unspecified atom stereocenters. The van der Waals surface area contributed by atoms with E-state index in [1.807, 2.05) is 0 Å². The molecule has 0 bridgehead atoms. The predicted octanol–water partition coefficient (Wildman–Crippen LogP) is 1.93. The second-order valence-electron chi connectivity index (χ2n) is 2.52. The Bertz CT molecular complexity index is 121. The van der Waals surface area contributed by atoms with Crippen LogP contribution in [0, 0.1) is 10.8 Å². The highest BCUT2D eigenvalue weighted by Gasteiger charge is 2.00. The molecule has 4 nitrogen and oxygen atoms in total. The standard InChI is InChI=1S/C7H18N2.CH2N2.ClH/c1-5-7-9(6-2)8(3)4;2-1-3;/h5-7H2,1-4H3;2-3H;1H. The van der Waals surface area contributed by atoms with Crippen LogP contribution in [0.5, 0.6) is 0 Å². The molecule has 5 heteroatoms. The second kappa shape index (κ2) is 14.1. The molecule has 2 N–H and O–H groups in total. The van der Waals surface area contributed by atoms with Gasteiger partial charge in [-0.15, -0.1) is 12.4 Å². The van der Waals surface area contributed by atoms with Crippen molar-refractivity contribution in [3.8, 4) is 0 Å². The molecule has 0 rings (SSSR count). The predicted molar refractivity (Wildman–Crippen MR) is 58.9 cm³/mol. The van der Waals surface area contributed by atoms with E-state index in [9.17, 15) is 0 Å². The molecule has 0 fully saturated rings. The number of halogens is 1. The first kappa shape index (κ1) is 18.4. The van der Waals surface area contributed by atoms with Gasteiger partial charge in [-0.2, -0.15) is 0 Å². The minimum absolute atomic E-state index is 0. The van der Waals surface area contributed by atoms with Crippen LogP contribution in [-0.4, -0.2) is 43.2 Å². The van der Waals surface area contributed by atoms with Crippen molar-refractivity contribution >= 4 is 18.4 Å². The van der Waals surface area contributed by atoms with Gasteiger partial charge in [0.2, 0.25) is 0 Å². The van der Waals surface area contributed by atoms with Crippen LogP contribution in [0.15, 0.2) is 0 Å². The minimum atomic E-state index is 0. The van der Waals surface area contributed by atoms with Crippen LogP contribution in [-0.2, 0) is 0 Å². The Morgan fingerprint density at radius 3 is 1.62 bits per heavy atom. The fourth-order valence-electron chi connectivity index (χ4n) is 0.899. The molecule has 0 heterocycles. The normalized spacial score (nSPS) is 8.46. The van der Waals surface area contributed by atoms with E-state index in [-0.39, 0.29) is 12.4 Å². The molecular weight excluding hydrogens is 188 g/mol. The van der Waals surface area contributed by atoms with Crippen molar-refractivity contribution in [3.63, 3.8) is 0 Å². The Labute approximate surface area is 87.3 Å². The maximum atomic E-state index is 5.62. The van der Waals surface area contributed by atoms with Crippen molar-refractivity contribution in [3.05, 3.63) is 0 Å². The van der Waals surface area contributed by atoms with E-state index in [4.69, 9.17) is 10.8 Å². The van der Waals surface area contributed by atoms with E-state index in [1.165, 1.54) is 19.0 Å². The van der Waals surface area contributed by atoms with Crippen LogP contribution in [0.2, 0.25) is 0 Å². The van der Waals surface area contributed by atoms with E-state index < -0.39 is 0 Å². The second-order valence-corrected chi connectivity index (χ2v) is 2.52. The zero-order valence-corrected chi connectivity index (χ0v) is 9.74. The Morgan fingerprint density at radius 1 is 1.15 bits per heavy atom. The van der Waals surface area contributed by atoms with Gasteiger partial charge >= 0.3 is 0 Å². The van der Waals surface area contributed by atoms with Crippen LogP contribution in [0.25, 0.3) is 0 Å². The van der Waals surface area contributed by atoms with Crippen LogP contribution >= 0.6 is 12.4 Å². The highest BCUT2D eigenvalue weighted by molar-refractivity contribution is 5.85. The summed E-state index contributed by atoms with van der Waals surface area (Å²) in [6, 6.07) is 1.25. The van der Waals surface area contributed by atoms with Crippen molar-refractivity contribution in [2.24, 2.45) is 0 Å². The van der Waals surface area contributed by atoms with Gasteiger partial charge in [0.25, 0.3) is 0 Å². The first-order chi connectivity index (χ1) is 5.63. The maximum absolute atomic E-state index is 5.62. The maximum Gasteiger partial charge on any atom is 0.0831 e. The molecule has 0 aromatic rings.